The zero-order valence-corrected chi connectivity index (χ0v) is 17.5. The predicted molar refractivity (Wildman–Crippen MR) is 114 cm³/mol. The first kappa shape index (κ1) is 21.8. The summed E-state index contributed by atoms with van der Waals surface area (Å²) in [6.07, 6.45) is 1.98. The first-order valence-corrected chi connectivity index (χ1v) is 10.5. The van der Waals surface area contributed by atoms with Crippen LogP contribution < -0.4 is 15.0 Å². The van der Waals surface area contributed by atoms with Crippen molar-refractivity contribution in [1.82, 2.24) is 19.5 Å². The number of aryl methyl sites for hydroxylation is 1. The summed E-state index contributed by atoms with van der Waals surface area (Å²) in [6, 6.07) is 9.68. The first-order valence-electron chi connectivity index (χ1n) is 9.47. The van der Waals surface area contributed by atoms with Crippen molar-refractivity contribution in [3.63, 3.8) is 0 Å². The average molecular weight is 459 g/mol. The van der Waals surface area contributed by atoms with Crippen molar-refractivity contribution in [3.8, 4) is 22.8 Å². The Balaban J connectivity index is 1.84. The predicted octanol–water partition coefficient (Wildman–Crippen LogP) is 2.93. The molecule has 32 heavy (non-hydrogen) atoms. The van der Waals surface area contributed by atoms with E-state index in [1.807, 2.05) is 0 Å². The van der Waals surface area contributed by atoms with E-state index in [0.29, 0.717) is 34.6 Å². The van der Waals surface area contributed by atoms with Crippen LogP contribution in [0.4, 0.5) is 8.78 Å². The van der Waals surface area contributed by atoms with Gasteiger partial charge < -0.3 is 14.3 Å². The molecule has 1 atom stereocenters. The monoisotopic (exact) mass is 459 g/mol. The standard InChI is InChI=1S/C21H18F2N4O4S/c1-27-21(28)20-14(7-8-24-20)19(26-27)15-10-12(6-9-25-32(29)30)2-4-17(15)31-18-5-3-13(22)11-16(18)23/h2-5,7-8,10-11,24-25H,6,9H2,1H3,(H,29,30)/p-1. The summed E-state index contributed by atoms with van der Waals surface area (Å²) < 4.78 is 58.2. The van der Waals surface area contributed by atoms with Gasteiger partial charge in [0.1, 0.15) is 22.8 Å². The van der Waals surface area contributed by atoms with Crippen molar-refractivity contribution < 1.29 is 22.3 Å². The highest BCUT2D eigenvalue weighted by atomic mass is 32.2. The second-order valence-electron chi connectivity index (χ2n) is 6.93. The van der Waals surface area contributed by atoms with Gasteiger partial charge in [-0.15, -0.1) is 0 Å². The van der Waals surface area contributed by atoms with Crippen molar-refractivity contribution in [2.24, 2.45) is 7.05 Å². The van der Waals surface area contributed by atoms with Crippen molar-refractivity contribution >= 4 is 22.2 Å². The molecule has 0 saturated heterocycles. The van der Waals surface area contributed by atoms with Gasteiger partial charge in [-0.25, -0.2) is 18.2 Å². The van der Waals surface area contributed by atoms with E-state index in [2.05, 4.69) is 14.8 Å². The van der Waals surface area contributed by atoms with Crippen LogP contribution in [0.2, 0.25) is 0 Å². The molecule has 0 fully saturated rings. The van der Waals surface area contributed by atoms with E-state index in [0.717, 1.165) is 11.6 Å². The normalized spacial score (nSPS) is 12.2. The van der Waals surface area contributed by atoms with Crippen LogP contribution in [0, 0.1) is 11.6 Å². The molecule has 11 heteroatoms. The number of hydrogen-bond acceptors (Lipinski definition) is 5. The van der Waals surface area contributed by atoms with Crippen LogP contribution in [-0.2, 0) is 24.7 Å². The summed E-state index contributed by atoms with van der Waals surface area (Å²) in [5.41, 5.74) is 1.63. The van der Waals surface area contributed by atoms with E-state index in [-0.39, 0.29) is 23.6 Å². The van der Waals surface area contributed by atoms with Crippen molar-refractivity contribution in [2.45, 2.75) is 6.42 Å². The van der Waals surface area contributed by atoms with Gasteiger partial charge in [0.05, 0.1) is 0 Å². The van der Waals surface area contributed by atoms with Crippen molar-refractivity contribution in [1.29, 1.82) is 0 Å². The SMILES string of the molecule is Cn1nc(-c2cc(CCNS(=O)[O-])ccc2Oc2ccc(F)cc2F)c2cc[nH]c2c1=O. The van der Waals surface area contributed by atoms with Gasteiger partial charge in [0.25, 0.3) is 5.56 Å². The largest absolute Gasteiger partial charge is 0.760 e. The molecule has 0 radical (unpaired) electrons. The molecule has 0 aliphatic heterocycles. The summed E-state index contributed by atoms with van der Waals surface area (Å²) >= 11 is -2.39. The molecule has 0 amide bonds. The van der Waals surface area contributed by atoms with Crippen LogP contribution in [-0.4, -0.2) is 30.1 Å². The number of nitrogens with one attached hydrogen (secondary N) is 2. The molecular weight excluding hydrogens is 442 g/mol. The molecule has 166 valence electrons. The summed E-state index contributed by atoms with van der Waals surface area (Å²) in [7, 11) is 1.50. The molecule has 0 aliphatic carbocycles. The van der Waals surface area contributed by atoms with Gasteiger partial charge >= 0.3 is 0 Å². The molecule has 1 unspecified atom stereocenters. The minimum atomic E-state index is -2.39. The second-order valence-corrected chi connectivity index (χ2v) is 7.69. The van der Waals surface area contributed by atoms with E-state index >= 15 is 0 Å². The quantitative estimate of drug-likeness (QED) is 0.413. The Labute approximate surface area is 183 Å². The number of nitrogens with zero attached hydrogens (tertiary/aromatic N) is 2. The fraction of sp³-hybridized carbons (Fsp3) is 0.143. The van der Waals surface area contributed by atoms with E-state index in [9.17, 15) is 22.3 Å². The molecule has 0 aliphatic rings. The molecule has 2 aromatic heterocycles. The Morgan fingerprint density at radius 3 is 2.72 bits per heavy atom. The Bertz CT molecular complexity index is 1390. The maximum Gasteiger partial charge on any atom is 0.290 e. The fourth-order valence-corrected chi connectivity index (χ4v) is 3.58. The molecule has 2 N–H and O–H groups in total. The van der Waals surface area contributed by atoms with Crippen molar-refractivity contribution in [3.05, 3.63) is 76.2 Å². The molecule has 2 aromatic carbocycles. The van der Waals surface area contributed by atoms with Gasteiger partial charge in [0.15, 0.2) is 11.6 Å². The lowest BCUT2D eigenvalue weighted by atomic mass is 10.0. The van der Waals surface area contributed by atoms with E-state index in [4.69, 9.17) is 4.74 Å². The third-order valence-corrected chi connectivity index (χ3v) is 5.25. The summed E-state index contributed by atoms with van der Waals surface area (Å²) in [5, 5.41) is 4.90. The third kappa shape index (κ3) is 4.44. The van der Waals surface area contributed by atoms with E-state index < -0.39 is 22.9 Å². The molecule has 8 nitrogen and oxygen atoms in total. The summed E-state index contributed by atoms with van der Waals surface area (Å²) in [4.78, 5) is 15.3. The number of ether oxygens (including phenoxy) is 1. The third-order valence-electron chi connectivity index (χ3n) is 4.81. The summed E-state index contributed by atoms with van der Waals surface area (Å²) in [5.74, 6) is -1.56. The maximum atomic E-state index is 14.2. The number of rotatable bonds is 7. The fourth-order valence-electron chi connectivity index (χ4n) is 3.32. The number of aromatic nitrogens is 3. The van der Waals surface area contributed by atoms with Crippen LogP contribution in [0.15, 0.2) is 53.5 Å². The highest BCUT2D eigenvalue weighted by Crippen LogP contribution is 2.36. The molecule has 4 rings (SSSR count). The minimum Gasteiger partial charge on any atom is -0.760 e. The molecule has 0 saturated carbocycles. The molecule has 0 spiro atoms. The van der Waals surface area contributed by atoms with Crippen LogP contribution in [0.5, 0.6) is 11.5 Å². The minimum absolute atomic E-state index is 0.169. The van der Waals surface area contributed by atoms with Gasteiger partial charge in [-0.05, 0) is 42.3 Å². The molecule has 2 heterocycles. The second kappa shape index (κ2) is 8.99. The number of fused-ring (bicyclic) bond motifs is 1. The number of hydrogen-bond donors (Lipinski definition) is 2. The number of aromatic amines is 1. The topological polar surface area (TPSA) is 112 Å². The molecule has 0 bridgehead atoms. The average Bonchev–Trinajstić information content (AvgIpc) is 3.23. The maximum absolute atomic E-state index is 14.2. The smallest absolute Gasteiger partial charge is 0.290 e. The van der Waals surface area contributed by atoms with Gasteiger partial charge in [-0.3, -0.25) is 9.00 Å². The van der Waals surface area contributed by atoms with E-state index in [1.165, 1.54) is 17.8 Å². The number of benzene rings is 2. The van der Waals surface area contributed by atoms with Crippen LogP contribution in [0.3, 0.4) is 0 Å². The number of H-pyrrole nitrogens is 1. The van der Waals surface area contributed by atoms with Crippen molar-refractivity contribution in [2.75, 3.05) is 6.54 Å². The Hall–Kier alpha value is -3.41. The number of halogens is 2. The first-order chi connectivity index (χ1) is 15.3. The Morgan fingerprint density at radius 1 is 1.19 bits per heavy atom. The van der Waals surface area contributed by atoms with E-state index in [1.54, 1.807) is 30.5 Å². The van der Waals surface area contributed by atoms with Crippen LogP contribution >= 0.6 is 0 Å². The Morgan fingerprint density at radius 2 is 1.97 bits per heavy atom. The van der Waals surface area contributed by atoms with Crippen LogP contribution in [0.1, 0.15) is 5.56 Å². The highest BCUT2D eigenvalue weighted by molar-refractivity contribution is 7.77. The van der Waals surface area contributed by atoms with Gasteiger partial charge in [-0.2, -0.15) is 5.10 Å². The molecular formula is C21H17F2N4O4S-. The lowest BCUT2D eigenvalue weighted by molar-refractivity contribution is 0.438. The van der Waals surface area contributed by atoms with Crippen LogP contribution in [0.25, 0.3) is 22.2 Å². The van der Waals surface area contributed by atoms with Gasteiger partial charge in [0, 0.05) is 48.1 Å². The van der Waals surface area contributed by atoms with Gasteiger partial charge in [0.2, 0.25) is 0 Å². The van der Waals surface area contributed by atoms with Gasteiger partial charge in [-0.1, -0.05) is 6.07 Å². The summed E-state index contributed by atoms with van der Waals surface area (Å²) in [6.45, 7) is 0.169. The lowest BCUT2D eigenvalue weighted by Gasteiger charge is -2.15. The Kier molecular flexibility index (Phi) is 6.12. The lowest BCUT2D eigenvalue weighted by Crippen LogP contribution is -2.20. The molecule has 4 aromatic rings. The highest BCUT2D eigenvalue weighted by Gasteiger charge is 2.18. The zero-order valence-electron chi connectivity index (χ0n) is 16.7. The zero-order chi connectivity index (χ0) is 22.8.